The van der Waals surface area contributed by atoms with Crippen molar-refractivity contribution in [3.63, 3.8) is 0 Å². The summed E-state index contributed by atoms with van der Waals surface area (Å²) in [6, 6.07) is 1.64. The molecule has 8 heavy (non-hydrogen) atoms. The van der Waals surface area contributed by atoms with Crippen LogP contribution in [0.1, 0.15) is 0 Å². The molecule has 0 aliphatic heterocycles. The minimum atomic E-state index is 0.414. The van der Waals surface area contributed by atoms with Crippen molar-refractivity contribution in [2.75, 3.05) is 7.11 Å². The maximum atomic E-state index is 4.68. The van der Waals surface area contributed by atoms with Crippen LogP contribution >= 0.6 is 15.9 Å². The first-order valence-corrected chi connectivity index (χ1v) is 2.78. The molecule has 0 unspecified atom stereocenters. The lowest BCUT2D eigenvalue weighted by atomic mass is 10.7. The largest absolute Gasteiger partial charge is 0.467 e. The maximum absolute atomic E-state index is 4.68. The van der Waals surface area contributed by atoms with Crippen LogP contribution in [0.3, 0.4) is 0 Å². The minimum Gasteiger partial charge on any atom is -0.467 e. The molecule has 1 rings (SSSR count). The number of rotatable bonds is 1. The molecule has 1 aromatic heterocycles. The molecule has 0 bridgehead atoms. The van der Waals surface area contributed by atoms with Gasteiger partial charge in [-0.2, -0.15) is 0 Å². The third-order valence-electron chi connectivity index (χ3n) is 0.661. The van der Waals surface area contributed by atoms with Crippen LogP contribution in [0.25, 0.3) is 0 Å². The Kier molecular flexibility index (Phi) is 1.53. The molecule has 1 aromatic rings. The van der Waals surface area contributed by atoms with Crippen LogP contribution < -0.4 is 4.74 Å². The van der Waals surface area contributed by atoms with Crippen LogP contribution in [0.5, 0.6) is 5.95 Å². The van der Waals surface area contributed by atoms with E-state index < -0.39 is 0 Å². The van der Waals surface area contributed by atoms with E-state index in [2.05, 4.69) is 30.3 Å². The topological polar surface area (TPSA) is 35.3 Å². The van der Waals surface area contributed by atoms with E-state index in [1.165, 1.54) is 7.11 Å². The average Bonchev–Trinajstić information content (AvgIpc) is 2.14. The summed E-state index contributed by atoms with van der Waals surface area (Å²) >= 11 is 3.09. The van der Waals surface area contributed by atoms with Gasteiger partial charge in [0.1, 0.15) is 0 Å². The van der Waals surface area contributed by atoms with Crippen LogP contribution in [0.2, 0.25) is 0 Å². The Bertz CT molecular complexity index is 174. The molecule has 0 aromatic carbocycles. The first-order chi connectivity index (χ1) is 3.83. The Balaban J connectivity index is 2.84. The monoisotopic (exact) mass is 177 g/mol. The quantitative estimate of drug-likeness (QED) is 0.652. The molecule has 0 saturated carbocycles. The van der Waals surface area contributed by atoms with Gasteiger partial charge < -0.3 is 9.26 Å². The van der Waals surface area contributed by atoms with Gasteiger partial charge in [-0.15, -0.1) is 0 Å². The fraction of sp³-hybridized carbons (Fsp3) is 0.250. The first-order valence-electron chi connectivity index (χ1n) is 1.99. The molecule has 0 aliphatic rings. The van der Waals surface area contributed by atoms with Gasteiger partial charge in [-0.25, -0.2) is 0 Å². The molecule has 0 fully saturated rings. The molecular weight excluding hydrogens is 174 g/mol. The summed E-state index contributed by atoms with van der Waals surface area (Å²) in [6.45, 7) is 0. The summed E-state index contributed by atoms with van der Waals surface area (Å²) in [6.07, 6.45) is 0. The van der Waals surface area contributed by atoms with E-state index in [4.69, 9.17) is 0 Å². The van der Waals surface area contributed by atoms with E-state index >= 15 is 0 Å². The zero-order valence-electron chi connectivity index (χ0n) is 4.22. The summed E-state index contributed by atoms with van der Waals surface area (Å²) in [5.74, 6) is 0.414. The van der Waals surface area contributed by atoms with Crippen LogP contribution in [0.15, 0.2) is 15.2 Å². The van der Waals surface area contributed by atoms with Gasteiger partial charge in [0.05, 0.1) is 13.2 Å². The standard InChI is InChI=1S/C4H4BrNO2/c1-7-4-2-3(5)6-8-4/h2H,1H3. The Morgan fingerprint density at radius 2 is 2.62 bits per heavy atom. The van der Waals surface area contributed by atoms with Crippen molar-refractivity contribution in [1.82, 2.24) is 5.16 Å². The lowest BCUT2D eigenvalue weighted by molar-refractivity contribution is 0.260. The van der Waals surface area contributed by atoms with E-state index in [0.717, 1.165) is 0 Å². The Labute approximate surface area is 54.7 Å². The SMILES string of the molecule is COc1cc(Br)no1. The van der Waals surface area contributed by atoms with Crippen LogP contribution in [-0.4, -0.2) is 12.3 Å². The maximum Gasteiger partial charge on any atom is 0.312 e. The van der Waals surface area contributed by atoms with Gasteiger partial charge in [-0.05, 0) is 15.9 Å². The van der Waals surface area contributed by atoms with Gasteiger partial charge in [-0.3, -0.25) is 0 Å². The van der Waals surface area contributed by atoms with Crippen molar-refractivity contribution in [3.8, 4) is 5.95 Å². The predicted octanol–water partition coefficient (Wildman–Crippen LogP) is 1.45. The number of methoxy groups -OCH3 is 1. The number of nitrogens with zero attached hydrogens (tertiary/aromatic N) is 1. The van der Waals surface area contributed by atoms with E-state index in [9.17, 15) is 0 Å². The molecule has 0 saturated heterocycles. The molecule has 3 nitrogen and oxygen atoms in total. The molecule has 0 spiro atoms. The van der Waals surface area contributed by atoms with Gasteiger partial charge in [0.15, 0.2) is 4.60 Å². The lowest BCUT2D eigenvalue weighted by Gasteiger charge is -1.83. The Hall–Kier alpha value is -0.510. The molecule has 0 N–H and O–H groups in total. The predicted molar refractivity (Wildman–Crippen MR) is 30.8 cm³/mol. The molecule has 0 atom stereocenters. The molecule has 0 amide bonds. The molecule has 44 valence electrons. The summed E-state index contributed by atoms with van der Waals surface area (Å²) in [5.41, 5.74) is 0. The van der Waals surface area contributed by atoms with Crippen LogP contribution in [0.4, 0.5) is 0 Å². The van der Waals surface area contributed by atoms with Crippen molar-refractivity contribution in [2.45, 2.75) is 0 Å². The van der Waals surface area contributed by atoms with Crippen LogP contribution in [0, 0.1) is 0 Å². The minimum absolute atomic E-state index is 0.414. The number of ether oxygens (including phenoxy) is 1. The van der Waals surface area contributed by atoms with E-state index in [1.54, 1.807) is 6.07 Å². The number of hydrogen-bond donors (Lipinski definition) is 0. The fourth-order valence-electron chi connectivity index (χ4n) is 0.335. The molecular formula is C4H4BrNO2. The highest BCUT2D eigenvalue weighted by atomic mass is 79.9. The van der Waals surface area contributed by atoms with E-state index in [1.807, 2.05) is 0 Å². The summed E-state index contributed by atoms with van der Waals surface area (Å²) in [5, 5.41) is 3.50. The molecule has 4 heteroatoms. The highest BCUT2D eigenvalue weighted by molar-refractivity contribution is 9.10. The van der Waals surface area contributed by atoms with Crippen molar-refractivity contribution >= 4 is 15.9 Å². The highest BCUT2D eigenvalue weighted by Crippen LogP contribution is 2.15. The molecule has 1 heterocycles. The second kappa shape index (κ2) is 2.17. The van der Waals surface area contributed by atoms with E-state index in [0.29, 0.717) is 10.5 Å². The number of halogens is 1. The molecule has 0 aliphatic carbocycles. The van der Waals surface area contributed by atoms with Crippen molar-refractivity contribution in [1.29, 1.82) is 0 Å². The summed E-state index contributed by atoms with van der Waals surface area (Å²) < 4.78 is 9.92. The average molecular weight is 178 g/mol. The first kappa shape index (κ1) is 5.62. The van der Waals surface area contributed by atoms with Crippen molar-refractivity contribution < 1.29 is 9.26 Å². The zero-order chi connectivity index (χ0) is 5.98. The van der Waals surface area contributed by atoms with Crippen molar-refractivity contribution in [2.24, 2.45) is 0 Å². The van der Waals surface area contributed by atoms with Crippen LogP contribution in [-0.2, 0) is 0 Å². The molecule has 0 radical (unpaired) electrons. The van der Waals surface area contributed by atoms with Gasteiger partial charge in [0, 0.05) is 0 Å². The third-order valence-corrected chi connectivity index (χ3v) is 1.03. The summed E-state index contributed by atoms with van der Waals surface area (Å²) in [7, 11) is 1.52. The number of aromatic nitrogens is 1. The van der Waals surface area contributed by atoms with Gasteiger partial charge in [0.25, 0.3) is 0 Å². The van der Waals surface area contributed by atoms with Gasteiger partial charge >= 0.3 is 5.95 Å². The zero-order valence-corrected chi connectivity index (χ0v) is 5.81. The lowest BCUT2D eigenvalue weighted by Crippen LogP contribution is -1.75. The second-order valence-electron chi connectivity index (χ2n) is 1.17. The Morgan fingerprint density at radius 1 is 1.88 bits per heavy atom. The summed E-state index contributed by atoms with van der Waals surface area (Å²) in [4.78, 5) is 0. The normalized spacial score (nSPS) is 9.25. The van der Waals surface area contributed by atoms with Crippen molar-refractivity contribution in [3.05, 3.63) is 10.7 Å². The van der Waals surface area contributed by atoms with E-state index in [-0.39, 0.29) is 0 Å². The fourth-order valence-corrected chi connectivity index (χ4v) is 0.594. The number of hydrogen-bond acceptors (Lipinski definition) is 3. The van der Waals surface area contributed by atoms with Gasteiger partial charge in [-0.1, -0.05) is 5.16 Å². The Morgan fingerprint density at radius 3 is 2.88 bits per heavy atom. The smallest absolute Gasteiger partial charge is 0.312 e. The highest BCUT2D eigenvalue weighted by Gasteiger charge is 1.96. The second-order valence-corrected chi connectivity index (χ2v) is 1.99. The van der Waals surface area contributed by atoms with Gasteiger partial charge in [0.2, 0.25) is 0 Å². The third kappa shape index (κ3) is 1.01.